The molecule has 0 aliphatic heterocycles. The molecule has 0 aromatic carbocycles. The van der Waals surface area contributed by atoms with Crippen molar-refractivity contribution in [1.29, 1.82) is 0 Å². The topological polar surface area (TPSA) is 78.6 Å². The first-order valence-corrected chi connectivity index (χ1v) is 5.38. The molecule has 6 heteroatoms. The van der Waals surface area contributed by atoms with E-state index in [-0.39, 0.29) is 31.0 Å². The van der Waals surface area contributed by atoms with E-state index in [1.165, 1.54) is 0 Å². The van der Waals surface area contributed by atoms with Crippen LogP contribution in [0.1, 0.15) is 35.7 Å². The number of aryl methyl sites for hydroxylation is 1. The molecule has 1 heterocycles. The van der Waals surface area contributed by atoms with Crippen molar-refractivity contribution in [2.45, 2.75) is 27.2 Å². The second-order valence-electron chi connectivity index (χ2n) is 3.27. The van der Waals surface area contributed by atoms with E-state index in [9.17, 15) is 9.59 Å². The average molecular weight is 241 g/mol. The molecule has 0 saturated heterocycles. The van der Waals surface area contributed by atoms with Crippen LogP contribution in [0.2, 0.25) is 0 Å². The smallest absolute Gasteiger partial charge is 0.343 e. The van der Waals surface area contributed by atoms with Gasteiger partial charge in [0.2, 0.25) is 0 Å². The molecular formula is C11H15NO5. The minimum absolute atomic E-state index is 0.122. The Morgan fingerprint density at radius 3 is 2.47 bits per heavy atom. The Morgan fingerprint density at radius 1 is 1.24 bits per heavy atom. The van der Waals surface area contributed by atoms with Gasteiger partial charge in [-0.25, -0.2) is 4.79 Å². The standard InChI is InChI=1S/C11H15NO5/c1-4-15-9(13)6-8-10(7(3)12-17-8)11(14)16-5-2/h4-6H2,1-3H3. The van der Waals surface area contributed by atoms with Gasteiger partial charge in [0, 0.05) is 0 Å². The van der Waals surface area contributed by atoms with Gasteiger partial charge < -0.3 is 14.0 Å². The van der Waals surface area contributed by atoms with Gasteiger partial charge in [0.25, 0.3) is 0 Å². The maximum atomic E-state index is 11.6. The summed E-state index contributed by atoms with van der Waals surface area (Å²) in [7, 11) is 0. The van der Waals surface area contributed by atoms with Crippen molar-refractivity contribution in [3.8, 4) is 0 Å². The zero-order valence-corrected chi connectivity index (χ0v) is 10.1. The number of ether oxygens (including phenoxy) is 2. The molecule has 0 fully saturated rings. The molecule has 0 aliphatic carbocycles. The second kappa shape index (κ2) is 6.03. The second-order valence-corrected chi connectivity index (χ2v) is 3.27. The van der Waals surface area contributed by atoms with Crippen molar-refractivity contribution < 1.29 is 23.6 Å². The molecule has 0 radical (unpaired) electrons. The summed E-state index contributed by atoms with van der Waals surface area (Å²) >= 11 is 0. The lowest BCUT2D eigenvalue weighted by molar-refractivity contribution is -0.142. The highest BCUT2D eigenvalue weighted by molar-refractivity contribution is 5.92. The normalized spacial score (nSPS) is 10.1. The van der Waals surface area contributed by atoms with Gasteiger partial charge in [-0.3, -0.25) is 4.79 Å². The first-order valence-electron chi connectivity index (χ1n) is 5.38. The summed E-state index contributed by atoms with van der Waals surface area (Å²) in [6, 6.07) is 0. The van der Waals surface area contributed by atoms with E-state index in [0.29, 0.717) is 5.69 Å². The monoisotopic (exact) mass is 241 g/mol. The Balaban J connectivity index is 2.86. The minimum Gasteiger partial charge on any atom is -0.466 e. The quantitative estimate of drug-likeness (QED) is 0.722. The van der Waals surface area contributed by atoms with Gasteiger partial charge in [-0.1, -0.05) is 5.16 Å². The number of aromatic nitrogens is 1. The first kappa shape index (κ1) is 13.2. The number of hydrogen-bond acceptors (Lipinski definition) is 6. The Hall–Kier alpha value is -1.85. The lowest BCUT2D eigenvalue weighted by Crippen LogP contribution is -2.12. The summed E-state index contributed by atoms with van der Waals surface area (Å²) in [5.74, 6) is -0.820. The molecule has 0 amide bonds. The van der Waals surface area contributed by atoms with Gasteiger partial charge in [0.15, 0.2) is 5.76 Å². The molecule has 0 spiro atoms. The molecule has 94 valence electrons. The zero-order valence-electron chi connectivity index (χ0n) is 10.1. The van der Waals surface area contributed by atoms with Crippen LogP contribution in [0.25, 0.3) is 0 Å². The van der Waals surface area contributed by atoms with E-state index in [1.54, 1.807) is 20.8 Å². The highest BCUT2D eigenvalue weighted by Gasteiger charge is 2.23. The average Bonchev–Trinajstić information content (AvgIpc) is 2.60. The van der Waals surface area contributed by atoms with Crippen molar-refractivity contribution >= 4 is 11.9 Å². The predicted molar refractivity (Wildman–Crippen MR) is 57.5 cm³/mol. The van der Waals surface area contributed by atoms with Crippen LogP contribution in [0.4, 0.5) is 0 Å². The lowest BCUT2D eigenvalue weighted by Gasteiger charge is -2.02. The summed E-state index contributed by atoms with van der Waals surface area (Å²) < 4.78 is 14.6. The van der Waals surface area contributed by atoms with Crippen LogP contribution in [0.3, 0.4) is 0 Å². The Labute approximate surface area is 98.9 Å². The van der Waals surface area contributed by atoms with Crippen LogP contribution in [0, 0.1) is 6.92 Å². The molecule has 0 aliphatic rings. The number of nitrogens with zero attached hydrogens (tertiary/aromatic N) is 1. The molecule has 0 saturated carbocycles. The largest absolute Gasteiger partial charge is 0.466 e. The van der Waals surface area contributed by atoms with E-state index in [0.717, 1.165) is 0 Å². The number of carbonyl (C=O) groups excluding carboxylic acids is 2. The van der Waals surface area contributed by atoms with Gasteiger partial charge in [0.1, 0.15) is 12.0 Å². The molecular weight excluding hydrogens is 226 g/mol. The maximum Gasteiger partial charge on any atom is 0.343 e. The fraction of sp³-hybridized carbons (Fsp3) is 0.545. The van der Waals surface area contributed by atoms with Gasteiger partial charge in [-0.15, -0.1) is 0 Å². The van der Waals surface area contributed by atoms with Crippen LogP contribution < -0.4 is 0 Å². The summed E-state index contributed by atoms with van der Waals surface area (Å²) in [4.78, 5) is 22.9. The molecule has 0 atom stereocenters. The lowest BCUT2D eigenvalue weighted by atomic mass is 10.1. The maximum absolute atomic E-state index is 11.6. The Kier molecular flexibility index (Phi) is 4.68. The Morgan fingerprint density at radius 2 is 1.88 bits per heavy atom. The Bertz CT molecular complexity index is 410. The third-order valence-electron chi connectivity index (χ3n) is 2.02. The minimum atomic E-state index is -0.537. The molecule has 0 bridgehead atoms. The number of hydrogen-bond donors (Lipinski definition) is 0. The SMILES string of the molecule is CCOC(=O)Cc1onc(C)c1C(=O)OCC. The predicted octanol–water partition coefficient (Wildman–Crippen LogP) is 1.27. The van der Waals surface area contributed by atoms with Crippen molar-refractivity contribution in [1.82, 2.24) is 5.16 Å². The number of esters is 2. The van der Waals surface area contributed by atoms with E-state index in [1.807, 2.05) is 0 Å². The van der Waals surface area contributed by atoms with E-state index in [2.05, 4.69) is 5.16 Å². The fourth-order valence-electron chi connectivity index (χ4n) is 1.35. The number of carbonyl (C=O) groups is 2. The van der Waals surface area contributed by atoms with Crippen LogP contribution in [0.15, 0.2) is 4.52 Å². The highest BCUT2D eigenvalue weighted by atomic mass is 16.5. The molecule has 0 unspecified atom stereocenters. The van der Waals surface area contributed by atoms with E-state index in [4.69, 9.17) is 14.0 Å². The summed E-state index contributed by atoms with van der Waals surface area (Å²) in [5.41, 5.74) is 0.614. The van der Waals surface area contributed by atoms with Crippen molar-refractivity contribution in [3.05, 3.63) is 17.0 Å². The highest BCUT2D eigenvalue weighted by Crippen LogP contribution is 2.16. The van der Waals surface area contributed by atoms with E-state index >= 15 is 0 Å². The first-order chi connectivity index (χ1) is 8.10. The van der Waals surface area contributed by atoms with Crippen molar-refractivity contribution in [3.63, 3.8) is 0 Å². The van der Waals surface area contributed by atoms with Crippen LogP contribution >= 0.6 is 0 Å². The summed E-state index contributed by atoms with van der Waals surface area (Å²) in [5, 5.41) is 3.65. The molecule has 1 aromatic heterocycles. The number of rotatable bonds is 5. The third-order valence-corrected chi connectivity index (χ3v) is 2.02. The van der Waals surface area contributed by atoms with Gasteiger partial charge in [0.05, 0.1) is 18.9 Å². The van der Waals surface area contributed by atoms with Crippen molar-refractivity contribution in [2.75, 3.05) is 13.2 Å². The van der Waals surface area contributed by atoms with Crippen LogP contribution in [-0.4, -0.2) is 30.3 Å². The van der Waals surface area contributed by atoms with Crippen LogP contribution in [-0.2, 0) is 20.7 Å². The van der Waals surface area contributed by atoms with Gasteiger partial charge in [-0.2, -0.15) is 0 Å². The van der Waals surface area contributed by atoms with Crippen molar-refractivity contribution in [2.24, 2.45) is 0 Å². The molecule has 1 rings (SSSR count). The van der Waals surface area contributed by atoms with Gasteiger partial charge >= 0.3 is 11.9 Å². The van der Waals surface area contributed by atoms with Gasteiger partial charge in [-0.05, 0) is 20.8 Å². The summed E-state index contributed by atoms with van der Waals surface area (Å²) in [6.45, 7) is 5.55. The third kappa shape index (κ3) is 3.30. The fourth-order valence-corrected chi connectivity index (χ4v) is 1.35. The molecule has 0 N–H and O–H groups in total. The zero-order chi connectivity index (χ0) is 12.8. The van der Waals surface area contributed by atoms with Crippen LogP contribution in [0.5, 0.6) is 0 Å². The van der Waals surface area contributed by atoms with E-state index < -0.39 is 11.9 Å². The molecule has 1 aromatic rings. The summed E-state index contributed by atoms with van der Waals surface area (Å²) in [6.07, 6.45) is -0.122. The molecule has 17 heavy (non-hydrogen) atoms. The molecule has 6 nitrogen and oxygen atoms in total.